The second-order valence-electron chi connectivity index (χ2n) is 3.95. The number of hydrogen-bond acceptors (Lipinski definition) is 2. The van der Waals surface area contributed by atoms with Gasteiger partial charge in [0, 0.05) is 18.2 Å². The lowest BCUT2D eigenvalue weighted by Gasteiger charge is -2.07. The van der Waals surface area contributed by atoms with Crippen molar-refractivity contribution in [2.75, 3.05) is 11.9 Å². The molecular weight excluding hydrogens is 233 g/mol. The topological polar surface area (TPSA) is 41.1 Å². The maximum absolute atomic E-state index is 13.2. The Morgan fingerprint density at radius 1 is 1.29 bits per heavy atom. The average molecular weight is 244 g/mol. The zero-order valence-electron chi connectivity index (χ0n) is 8.90. The third kappa shape index (κ3) is 3.20. The van der Waals surface area contributed by atoms with Crippen molar-refractivity contribution in [3.63, 3.8) is 0 Å². The highest BCUT2D eigenvalue weighted by atomic mass is 19.2. The van der Waals surface area contributed by atoms with Gasteiger partial charge in [-0.05, 0) is 12.8 Å². The van der Waals surface area contributed by atoms with E-state index < -0.39 is 29.0 Å². The van der Waals surface area contributed by atoms with Crippen LogP contribution in [0.2, 0.25) is 0 Å². The molecule has 0 aliphatic heterocycles. The highest BCUT2D eigenvalue weighted by Gasteiger charge is 2.21. The van der Waals surface area contributed by atoms with Crippen LogP contribution in [-0.2, 0) is 4.79 Å². The normalized spacial score (nSPS) is 14.8. The number of carbonyl (C=O) groups excluding carboxylic acids is 1. The summed E-state index contributed by atoms with van der Waals surface area (Å²) in [6.45, 7) is 0.00222. The summed E-state index contributed by atoms with van der Waals surface area (Å²) in [6.07, 6.45) is 2.02. The van der Waals surface area contributed by atoms with E-state index in [2.05, 4.69) is 10.6 Å². The third-order valence-corrected chi connectivity index (χ3v) is 2.40. The Hall–Kier alpha value is -1.56. The number of anilines is 1. The van der Waals surface area contributed by atoms with Crippen molar-refractivity contribution in [3.8, 4) is 0 Å². The van der Waals surface area contributed by atoms with Gasteiger partial charge in [-0.15, -0.1) is 0 Å². The van der Waals surface area contributed by atoms with Gasteiger partial charge >= 0.3 is 0 Å². The monoisotopic (exact) mass is 244 g/mol. The van der Waals surface area contributed by atoms with Gasteiger partial charge in [0.15, 0.2) is 11.6 Å². The van der Waals surface area contributed by atoms with E-state index in [0.717, 1.165) is 18.9 Å². The van der Waals surface area contributed by atoms with Crippen LogP contribution in [0.1, 0.15) is 12.8 Å². The van der Waals surface area contributed by atoms with Crippen molar-refractivity contribution in [2.24, 2.45) is 0 Å². The summed E-state index contributed by atoms with van der Waals surface area (Å²) in [6, 6.07) is 1.50. The van der Waals surface area contributed by atoms with Crippen molar-refractivity contribution in [1.29, 1.82) is 0 Å². The van der Waals surface area contributed by atoms with Gasteiger partial charge in [-0.3, -0.25) is 4.79 Å². The third-order valence-electron chi connectivity index (χ3n) is 2.40. The van der Waals surface area contributed by atoms with Crippen molar-refractivity contribution in [3.05, 3.63) is 29.6 Å². The Labute approximate surface area is 96.0 Å². The molecular formula is C11H11F3N2O. The van der Waals surface area contributed by atoms with Crippen LogP contribution in [0.25, 0.3) is 0 Å². The lowest BCUT2D eigenvalue weighted by molar-refractivity contribution is -0.115. The van der Waals surface area contributed by atoms with Crippen molar-refractivity contribution >= 4 is 11.6 Å². The number of nitrogens with one attached hydrogen (secondary N) is 2. The maximum atomic E-state index is 13.2. The molecule has 0 bridgehead atoms. The van der Waals surface area contributed by atoms with Crippen molar-refractivity contribution in [2.45, 2.75) is 18.9 Å². The number of rotatable bonds is 4. The first-order chi connectivity index (χ1) is 8.06. The van der Waals surface area contributed by atoms with Crippen LogP contribution in [0.5, 0.6) is 0 Å². The fourth-order valence-corrected chi connectivity index (χ4v) is 1.37. The van der Waals surface area contributed by atoms with Gasteiger partial charge in [-0.1, -0.05) is 0 Å². The molecule has 0 spiro atoms. The van der Waals surface area contributed by atoms with Crippen molar-refractivity contribution < 1.29 is 18.0 Å². The summed E-state index contributed by atoms with van der Waals surface area (Å²) in [4.78, 5) is 11.3. The molecule has 1 aliphatic carbocycles. The molecule has 0 atom stereocenters. The quantitative estimate of drug-likeness (QED) is 0.793. The van der Waals surface area contributed by atoms with Crippen LogP contribution in [0.4, 0.5) is 18.9 Å². The zero-order chi connectivity index (χ0) is 12.4. The van der Waals surface area contributed by atoms with Gasteiger partial charge in [0.05, 0.1) is 12.2 Å². The van der Waals surface area contributed by atoms with Crippen LogP contribution in [0.15, 0.2) is 12.1 Å². The SMILES string of the molecule is O=C(CNC1CC1)Nc1cc(F)cc(F)c1F. The molecule has 1 amide bonds. The molecule has 6 heteroatoms. The standard InChI is InChI=1S/C11H11F3N2O/c12-6-3-8(13)11(14)9(4-6)16-10(17)5-15-7-1-2-7/h3-4,7,15H,1-2,5H2,(H,16,17). The Bertz CT molecular complexity index is 447. The maximum Gasteiger partial charge on any atom is 0.238 e. The highest BCUT2D eigenvalue weighted by molar-refractivity contribution is 5.92. The van der Waals surface area contributed by atoms with E-state index >= 15 is 0 Å². The minimum absolute atomic E-state index is 0.00222. The van der Waals surface area contributed by atoms with Crippen LogP contribution in [-0.4, -0.2) is 18.5 Å². The van der Waals surface area contributed by atoms with E-state index in [4.69, 9.17) is 0 Å². The van der Waals surface area contributed by atoms with E-state index in [0.29, 0.717) is 12.1 Å². The number of halogens is 3. The van der Waals surface area contributed by atoms with E-state index in [1.54, 1.807) is 0 Å². The van der Waals surface area contributed by atoms with Gasteiger partial charge in [0.1, 0.15) is 5.82 Å². The Morgan fingerprint density at radius 2 is 2.00 bits per heavy atom. The molecule has 92 valence electrons. The van der Waals surface area contributed by atoms with E-state index in [-0.39, 0.29) is 6.54 Å². The Kier molecular flexibility index (Phi) is 3.33. The van der Waals surface area contributed by atoms with Gasteiger partial charge < -0.3 is 10.6 Å². The number of benzene rings is 1. The van der Waals surface area contributed by atoms with E-state index in [1.807, 2.05) is 0 Å². The van der Waals surface area contributed by atoms with Crippen LogP contribution in [0, 0.1) is 17.5 Å². The second-order valence-corrected chi connectivity index (χ2v) is 3.95. The number of amides is 1. The zero-order valence-corrected chi connectivity index (χ0v) is 8.90. The molecule has 0 unspecified atom stereocenters. The summed E-state index contributed by atoms with van der Waals surface area (Å²) in [5.74, 6) is -4.04. The predicted octanol–water partition coefficient (Wildman–Crippen LogP) is 1.79. The summed E-state index contributed by atoms with van der Waals surface area (Å²) in [5, 5.41) is 5.02. The van der Waals surface area contributed by atoms with Crippen LogP contribution >= 0.6 is 0 Å². The van der Waals surface area contributed by atoms with E-state index in [9.17, 15) is 18.0 Å². The summed E-state index contributed by atoms with van der Waals surface area (Å²) in [7, 11) is 0. The first-order valence-corrected chi connectivity index (χ1v) is 5.24. The first kappa shape index (κ1) is 11.9. The summed E-state index contributed by atoms with van der Waals surface area (Å²) < 4.78 is 38.8. The minimum Gasteiger partial charge on any atom is -0.322 e. The fraction of sp³-hybridized carbons (Fsp3) is 0.364. The van der Waals surface area contributed by atoms with E-state index in [1.165, 1.54) is 0 Å². The summed E-state index contributed by atoms with van der Waals surface area (Å²) >= 11 is 0. The molecule has 1 fully saturated rings. The molecule has 2 N–H and O–H groups in total. The lowest BCUT2D eigenvalue weighted by atomic mass is 10.2. The minimum atomic E-state index is -1.32. The molecule has 0 radical (unpaired) electrons. The number of hydrogen-bond donors (Lipinski definition) is 2. The average Bonchev–Trinajstić information content (AvgIpc) is 3.06. The molecule has 0 saturated heterocycles. The molecule has 2 rings (SSSR count). The molecule has 3 nitrogen and oxygen atoms in total. The van der Waals surface area contributed by atoms with Crippen LogP contribution < -0.4 is 10.6 Å². The Balaban J connectivity index is 1.98. The lowest BCUT2D eigenvalue weighted by Crippen LogP contribution is -2.29. The molecule has 1 aromatic rings. The number of carbonyl (C=O) groups is 1. The van der Waals surface area contributed by atoms with Gasteiger partial charge in [0.2, 0.25) is 5.91 Å². The summed E-state index contributed by atoms with van der Waals surface area (Å²) in [5.41, 5.74) is -0.481. The molecule has 1 aliphatic rings. The predicted molar refractivity (Wildman–Crippen MR) is 56.0 cm³/mol. The van der Waals surface area contributed by atoms with Crippen molar-refractivity contribution in [1.82, 2.24) is 5.32 Å². The molecule has 0 aromatic heterocycles. The highest BCUT2D eigenvalue weighted by Crippen LogP contribution is 2.20. The Morgan fingerprint density at radius 3 is 2.65 bits per heavy atom. The van der Waals surface area contributed by atoms with Gasteiger partial charge in [0.25, 0.3) is 0 Å². The second kappa shape index (κ2) is 4.75. The molecule has 17 heavy (non-hydrogen) atoms. The fourth-order valence-electron chi connectivity index (χ4n) is 1.37. The molecule has 1 aromatic carbocycles. The van der Waals surface area contributed by atoms with Gasteiger partial charge in [-0.2, -0.15) is 0 Å². The van der Waals surface area contributed by atoms with Crippen LogP contribution in [0.3, 0.4) is 0 Å². The smallest absolute Gasteiger partial charge is 0.238 e. The molecule has 0 heterocycles. The molecule has 1 saturated carbocycles. The van der Waals surface area contributed by atoms with Gasteiger partial charge in [-0.25, -0.2) is 13.2 Å². The first-order valence-electron chi connectivity index (χ1n) is 5.24. The largest absolute Gasteiger partial charge is 0.322 e.